The molecule has 0 unspecified atom stereocenters. The van der Waals surface area contributed by atoms with Crippen molar-refractivity contribution in [3.63, 3.8) is 0 Å². The standard InChI is InChI=1S/C22H23N3O3/c1-14-6-5-7-15(12-14)23-22(28)24-16-10-11-18-19(13-16)21(27)25(20(18)26)17-8-3-2-4-9-17/h5-7,10-13,17H,2-4,8-9H2,1H3,(H2,23,24,28). The predicted octanol–water partition coefficient (Wildman–Crippen LogP) is 4.57. The first-order chi connectivity index (χ1) is 13.5. The second-order valence-electron chi connectivity index (χ2n) is 7.48. The maximum absolute atomic E-state index is 12.8. The van der Waals surface area contributed by atoms with Gasteiger partial charge < -0.3 is 10.6 Å². The average molecular weight is 377 g/mol. The molecule has 1 fully saturated rings. The SMILES string of the molecule is Cc1cccc(NC(=O)Nc2ccc3c(c2)C(=O)N(C2CCCCC2)C3=O)c1. The number of imide groups is 1. The first-order valence-electron chi connectivity index (χ1n) is 9.69. The van der Waals surface area contributed by atoms with Crippen LogP contribution in [0.3, 0.4) is 0 Å². The second-order valence-corrected chi connectivity index (χ2v) is 7.48. The molecule has 1 heterocycles. The van der Waals surface area contributed by atoms with Gasteiger partial charge in [0.05, 0.1) is 11.1 Å². The van der Waals surface area contributed by atoms with E-state index in [2.05, 4.69) is 10.6 Å². The van der Waals surface area contributed by atoms with Crippen LogP contribution in [0.5, 0.6) is 0 Å². The molecule has 0 spiro atoms. The number of hydrogen-bond donors (Lipinski definition) is 2. The van der Waals surface area contributed by atoms with E-state index in [0.717, 1.165) is 37.7 Å². The molecule has 0 atom stereocenters. The van der Waals surface area contributed by atoms with Crippen LogP contribution in [0.15, 0.2) is 42.5 Å². The van der Waals surface area contributed by atoms with Crippen molar-refractivity contribution in [2.45, 2.75) is 45.1 Å². The van der Waals surface area contributed by atoms with Crippen molar-refractivity contribution in [1.29, 1.82) is 0 Å². The van der Waals surface area contributed by atoms with Crippen molar-refractivity contribution < 1.29 is 14.4 Å². The van der Waals surface area contributed by atoms with Gasteiger partial charge in [-0.2, -0.15) is 0 Å². The Morgan fingerprint density at radius 2 is 1.57 bits per heavy atom. The molecule has 2 aliphatic rings. The highest BCUT2D eigenvalue weighted by atomic mass is 16.2. The maximum Gasteiger partial charge on any atom is 0.323 e. The Labute approximate surface area is 163 Å². The fourth-order valence-corrected chi connectivity index (χ4v) is 4.02. The van der Waals surface area contributed by atoms with E-state index in [1.165, 1.54) is 4.90 Å². The smallest absolute Gasteiger partial charge is 0.308 e. The monoisotopic (exact) mass is 377 g/mol. The van der Waals surface area contributed by atoms with Gasteiger partial charge in [0.25, 0.3) is 11.8 Å². The molecule has 1 aliphatic heterocycles. The molecule has 6 heteroatoms. The normalized spacial score (nSPS) is 16.8. The lowest BCUT2D eigenvalue weighted by atomic mass is 9.94. The number of aryl methyl sites for hydroxylation is 1. The summed E-state index contributed by atoms with van der Waals surface area (Å²) in [6.45, 7) is 1.95. The van der Waals surface area contributed by atoms with Crippen molar-refractivity contribution in [2.24, 2.45) is 0 Å². The highest BCUT2D eigenvalue weighted by molar-refractivity contribution is 6.22. The summed E-state index contributed by atoms with van der Waals surface area (Å²) in [4.78, 5) is 39.3. The predicted molar refractivity (Wildman–Crippen MR) is 108 cm³/mol. The van der Waals surface area contributed by atoms with Gasteiger partial charge >= 0.3 is 6.03 Å². The Kier molecular flexibility index (Phi) is 4.86. The van der Waals surface area contributed by atoms with Crippen LogP contribution >= 0.6 is 0 Å². The van der Waals surface area contributed by atoms with Crippen molar-refractivity contribution in [3.05, 3.63) is 59.2 Å². The summed E-state index contributed by atoms with van der Waals surface area (Å²) in [5.41, 5.74) is 3.00. The Bertz CT molecular complexity index is 948. The summed E-state index contributed by atoms with van der Waals surface area (Å²) in [7, 11) is 0. The van der Waals surface area contributed by atoms with E-state index in [1.807, 2.05) is 25.1 Å². The van der Waals surface area contributed by atoms with Gasteiger partial charge in [0, 0.05) is 17.4 Å². The topological polar surface area (TPSA) is 78.5 Å². The van der Waals surface area contributed by atoms with Crippen LogP contribution in [0.25, 0.3) is 0 Å². The number of urea groups is 1. The Hall–Kier alpha value is -3.15. The quantitative estimate of drug-likeness (QED) is 0.769. The van der Waals surface area contributed by atoms with E-state index in [1.54, 1.807) is 24.3 Å². The van der Waals surface area contributed by atoms with Crippen molar-refractivity contribution >= 4 is 29.2 Å². The zero-order chi connectivity index (χ0) is 19.7. The fourth-order valence-electron chi connectivity index (χ4n) is 4.02. The first-order valence-corrected chi connectivity index (χ1v) is 9.69. The van der Waals surface area contributed by atoms with Gasteiger partial charge in [-0.25, -0.2) is 4.79 Å². The lowest BCUT2D eigenvalue weighted by Crippen LogP contribution is -2.40. The number of amides is 4. The number of fused-ring (bicyclic) bond motifs is 1. The number of nitrogens with zero attached hydrogens (tertiary/aromatic N) is 1. The molecule has 0 bridgehead atoms. The largest absolute Gasteiger partial charge is 0.323 e. The minimum absolute atomic E-state index is 0.0119. The summed E-state index contributed by atoms with van der Waals surface area (Å²) < 4.78 is 0. The number of anilines is 2. The zero-order valence-electron chi connectivity index (χ0n) is 15.8. The van der Waals surface area contributed by atoms with Crippen molar-refractivity contribution in [3.8, 4) is 0 Å². The third kappa shape index (κ3) is 3.50. The Balaban J connectivity index is 1.49. The van der Waals surface area contributed by atoms with E-state index in [9.17, 15) is 14.4 Å². The Morgan fingerprint density at radius 3 is 2.29 bits per heavy atom. The van der Waals surface area contributed by atoms with E-state index in [0.29, 0.717) is 22.5 Å². The van der Waals surface area contributed by atoms with Gasteiger partial charge in [0.1, 0.15) is 0 Å². The van der Waals surface area contributed by atoms with Crippen LogP contribution in [0.4, 0.5) is 16.2 Å². The van der Waals surface area contributed by atoms with Gasteiger partial charge in [-0.05, 0) is 55.7 Å². The van der Waals surface area contributed by atoms with E-state index >= 15 is 0 Å². The summed E-state index contributed by atoms with van der Waals surface area (Å²) in [5.74, 6) is -0.475. The molecule has 6 nitrogen and oxygen atoms in total. The molecule has 2 aromatic rings. The van der Waals surface area contributed by atoms with E-state index in [4.69, 9.17) is 0 Å². The minimum Gasteiger partial charge on any atom is -0.308 e. The number of nitrogens with one attached hydrogen (secondary N) is 2. The van der Waals surface area contributed by atoms with E-state index in [-0.39, 0.29) is 17.9 Å². The average Bonchev–Trinajstić information content (AvgIpc) is 2.92. The molecular formula is C22H23N3O3. The van der Waals surface area contributed by atoms with Crippen LogP contribution < -0.4 is 10.6 Å². The van der Waals surface area contributed by atoms with Crippen LogP contribution in [0.1, 0.15) is 58.4 Å². The van der Waals surface area contributed by atoms with Crippen LogP contribution in [-0.4, -0.2) is 28.8 Å². The van der Waals surface area contributed by atoms with Gasteiger partial charge in [0.2, 0.25) is 0 Å². The highest BCUT2D eigenvalue weighted by Crippen LogP contribution is 2.32. The summed E-state index contributed by atoms with van der Waals surface area (Å²) in [6.07, 6.45) is 4.99. The summed E-state index contributed by atoms with van der Waals surface area (Å²) in [6, 6.07) is 12.0. The van der Waals surface area contributed by atoms with Crippen LogP contribution in [0, 0.1) is 6.92 Å². The number of carbonyl (C=O) groups excluding carboxylic acids is 3. The number of benzene rings is 2. The minimum atomic E-state index is -0.397. The molecule has 4 amide bonds. The number of hydrogen-bond acceptors (Lipinski definition) is 3. The number of carbonyl (C=O) groups is 3. The lowest BCUT2D eigenvalue weighted by Gasteiger charge is -2.29. The fraction of sp³-hybridized carbons (Fsp3) is 0.318. The molecule has 1 aliphatic carbocycles. The number of rotatable bonds is 3. The molecule has 0 saturated heterocycles. The van der Waals surface area contributed by atoms with Gasteiger partial charge in [-0.15, -0.1) is 0 Å². The third-order valence-corrected chi connectivity index (χ3v) is 5.39. The first kappa shape index (κ1) is 18.2. The molecule has 28 heavy (non-hydrogen) atoms. The molecule has 2 N–H and O–H groups in total. The third-order valence-electron chi connectivity index (χ3n) is 5.39. The lowest BCUT2D eigenvalue weighted by molar-refractivity contribution is 0.0549. The highest BCUT2D eigenvalue weighted by Gasteiger charge is 2.40. The van der Waals surface area contributed by atoms with Crippen molar-refractivity contribution in [1.82, 2.24) is 4.90 Å². The van der Waals surface area contributed by atoms with E-state index < -0.39 is 6.03 Å². The molecular weight excluding hydrogens is 354 g/mol. The van der Waals surface area contributed by atoms with Crippen LogP contribution in [0.2, 0.25) is 0 Å². The van der Waals surface area contributed by atoms with Crippen LogP contribution in [-0.2, 0) is 0 Å². The van der Waals surface area contributed by atoms with Gasteiger partial charge in [-0.1, -0.05) is 31.4 Å². The summed E-state index contributed by atoms with van der Waals surface area (Å²) >= 11 is 0. The molecule has 144 valence electrons. The molecule has 0 radical (unpaired) electrons. The molecule has 4 rings (SSSR count). The summed E-state index contributed by atoms with van der Waals surface area (Å²) in [5, 5.41) is 5.50. The maximum atomic E-state index is 12.8. The Morgan fingerprint density at radius 1 is 0.893 bits per heavy atom. The molecule has 2 aromatic carbocycles. The van der Waals surface area contributed by atoms with Gasteiger partial charge in [-0.3, -0.25) is 14.5 Å². The van der Waals surface area contributed by atoms with Crippen molar-refractivity contribution in [2.75, 3.05) is 10.6 Å². The molecule has 1 saturated carbocycles. The van der Waals surface area contributed by atoms with Gasteiger partial charge in [0.15, 0.2) is 0 Å². The second kappa shape index (κ2) is 7.46. The molecule has 0 aromatic heterocycles. The zero-order valence-corrected chi connectivity index (χ0v) is 15.8.